The number of aromatic nitrogens is 2. The molecule has 1 fully saturated rings. The predicted molar refractivity (Wildman–Crippen MR) is 143 cm³/mol. The number of anilines is 2. The van der Waals surface area contributed by atoms with Gasteiger partial charge in [0.2, 0.25) is 34.7 Å². The number of methoxy groups -OCH3 is 1. The molecule has 5 rings (SSSR count). The number of carbonyl (C=O) groups excluding carboxylic acids is 3. The van der Waals surface area contributed by atoms with Gasteiger partial charge in [-0.3, -0.25) is 19.3 Å². The molecular formula is C25H25N5O16. The molecule has 0 radical (unpaired) electrons. The number of nitrogens with zero attached hydrogens (tertiary/aromatic N) is 4. The van der Waals surface area contributed by atoms with Gasteiger partial charge in [-0.05, 0) is 24.3 Å². The topological polar surface area (TPSA) is 354 Å². The zero-order chi connectivity index (χ0) is 34.5. The van der Waals surface area contributed by atoms with Gasteiger partial charge in [0.25, 0.3) is 17.6 Å². The van der Waals surface area contributed by atoms with Gasteiger partial charge in [0.05, 0.1) is 25.6 Å². The van der Waals surface area contributed by atoms with Crippen LogP contribution >= 0.6 is 0 Å². The number of fused-ring (bicyclic) bond motifs is 1. The first-order valence-corrected chi connectivity index (χ1v) is 12.6. The van der Waals surface area contributed by atoms with Gasteiger partial charge in [-0.1, -0.05) is 0 Å². The lowest BCUT2D eigenvalue weighted by atomic mass is 9.91. The molecule has 3 aromatic rings. The zero-order valence-corrected chi connectivity index (χ0v) is 23.1. The van der Waals surface area contributed by atoms with E-state index in [9.17, 15) is 75.7 Å². The van der Waals surface area contributed by atoms with Crippen molar-refractivity contribution in [1.29, 1.82) is 0 Å². The normalized spacial score (nSPS) is 19.6. The molecule has 21 nitrogen and oxygen atoms in total. The van der Waals surface area contributed by atoms with Crippen LogP contribution in [0.25, 0.3) is 5.69 Å². The number of nitrogens with two attached hydrogens (primary N) is 1. The summed E-state index contributed by atoms with van der Waals surface area (Å²) in [6, 6.07) is 3.80. The molecule has 46 heavy (non-hydrogen) atoms. The van der Waals surface area contributed by atoms with Gasteiger partial charge in [0.1, 0.15) is 5.69 Å². The molecule has 246 valence electrons. The second-order valence-corrected chi connectivity index (χ2v) is 10.4. The lowest BCUT2D eigenvalue weighted by Crippen LogP contribution is -2.79. The average Bonchev–Trinajstić information content (AvgIpc) is 3.36. The summed E-state index contributed by atoms with van der Waals surface area (Å²) in [5.41, 5.74) is 0.835. The fraction of sp³-hybridized carbons (Fsp3) is 0.280. The van der Waals surface area contributed by atoms with E-state index in [-0.39, 0.29) is 10.6 Å². The third kappa shape index (κ3) is 4.19. The monoisotopic (exact) mass is 651 g/mol. The number of phenolic OH excluding ortho intramolecular Hbond substituents is 4. The quantitative estimate of drug-likeness (QED) is 0.0700. The number of β-amino-alcohol motifs (C(OH)–C–C–N with tert-alkyl or cyclic N) is 2. The molecule has 21 heteroatoms. The van der Waals surface area contributed by atoms with Crippen LogP contribution in [0.4, 0.5) is 11.4 Å². The average molecular weight is 651 g/mol. The van der Waals surface area contributed by atoms with Crippen LogP contribution in [0.2, 0.25) is 0 Å². The maximum Gasteiger partial charge on any atom is 0.316 e. The van der Waals surface area contributed by atoms with Crippen LogP contribution in [0.15, 0.2) is 24.3 Å². The lowest BCUT2D eigenvalue weighted by Gasteiger charge is -2.51. The number of ether oxygens (including phenoxy) is 1. The molecule has 1 aromatic heterocycles. The summed E-state index contributed by atoms with van der Waals surface area (Å²) in [5, 5.41) is 128. The molecule has 0 saturated carbocycles. The molecule has 0 unspecified atom stereocenters. The van der Waals surface area contributed by atoms with Crippen molar-refractivity contribution in [2.24, 2.45) is 5.73 Å². The lowest BCUT2D eigenvalue weighted by molar-refractivity contribution is -0.455. The van der Waals surface area contributed by atoms with Gasteiger partial charge < -0.3 is 76.6 Å². The largest absolute Gasteiger partial charge is 0.503 e. The number of aromatic hydroxyl groups is 4. The highest BCUT2D eigenvalue weighted by atomic mass is 16.7. The number of carbonyl (C=O) groups is 3. The number of phenols is 4. The minimum atomic E-state index is -4.09. The fourth-order valence-electron chi connectivity index (χ4n) is 5.21. The van der Waals surface area contributed by atoms with E-state index < -0.39 is 111 Å². The van der Waals surface area contributed by atoms with E-state index in [0.717, 1.165) is 31.4 Å². The summed E-state index contributed by atoms with van der Waals surface area (Å²) < 4.78 is 5.03. The Morgan fingerprint density at radius 2 is 1.39 bits per heavy atom. The first-order chi connectivity index (χ1) is 21.1. The number of piperidine rings is 1. The Kier molecular flexibility index (Phi) is 6.90. The maximum absolute atomic E-state index is 13.9. The van der Waals surface area contributed by atoms with Crippen LogP contribution in [-0.2, 0) is 10.6 Å². The van der Waals surface area contributed by atoms with E-state index in [2.05, 4.69) is 5.10 Å². The Hall–Kier alpha value is -5.26. The van der Waals surface area contributed by atoms with Crippen LogP contribution in [0, 0.1) is 0 Å². The van der Waals surface area contributed by atoms with Gasteiger partial charge in [0, 0.05) is 11.4 Å². The van der Waals surface area contributed by atoms with Gasteiger partial charge >= 0.3 is 5.91 Å². The van der Waals surface area contributed by atoms with Crippen LogP contribution in [0.1, 0.15) is 33.0 Å². The number of primary amides is 1. The molecule has 3 amide bonds. The van der Waals surface area contributed by atoms with E-state index >= 15 is 0 Å². The highest BCUT2D eigenvalue weighted by molar-refractivity contribution is 6.10. The molecule has 2 aliphatic heterocycles. The van der Waals surface area contributed by atoms with Crippen LogP contribution < -0.4 is 20.3 Å². The van der Waals surface area contributed by atoms with E-state index in [1.165, 1.54) is 0 Å². The van der Waals surface area contributed by atoms with Crippen molar-refractivity contribution in [2.75, 3.05) is 23.5 Å². The number of benzene rings is 2. The Labute approximate surface area is 254 Å². The molecule has 0 spiro atoms. The standard InChI is InChI=1S/C25H25N5O16/c1-46-19-17(34)15(32)14(16(33)18(19)35)30-13-11(12(27-30)20(26)36)22(38,39)7-28(21(13)37)8-2-4-9(5-3-8)29-10(31)6-23(40,41)24(42,43)25(29,44)45/h2-5,32-35,38-45H,6-7H2,1H3,(H2,26,36). The predicted octanol–water partition coefficient (Wildman–Crippen LogP) is -4.66. The number of hydrogen-bond donors (Lipinski definition) is 13. The molecular weight excluding hydrogens is 626 g/mol. The van der Waals surface area contributed by atoms with Crippen molar-refractivity contribution in [3.8, 4) is 34.4 Å². The second-order valence-electron chi connectivity index (χ2n) is 10.4. The molecule has 0 bridgehead atoms. The van der Waals surface area contributed by atoms with E-state index in [4.69, 9.17) is 10.5 Å². The van der Waals surface area contributed by atoms with Crippen molar-refractivity contribution in [3.63, 3.8) is 0 Å². The Morgan fingerprint density at radius 3 is 1.89 bits per heavy atom. The number of hydrogen-bond acceptors (Lipinski definition) is 17. The van der Waals surface area contributed by atoms with Crippen molar-refractivity contribution >= 4 is 29.1 Å². The van der Waals surface area contributed by atoms with Crippen molar-refractivity contribution < 1.29 is 80.4 Å². The highest BCUT2D eigenvalue weighted by Crippen LogP contribution is 2.54. The molecule has 14 N–H and O–H groups in total. The third-order valence-corrected chi connectivity index (χ3v) is 7.49. The second kappa shape index (κ2) is 9.87. The van der Waals surface area contributed by atoms with Gasteiger partial charge in [-0.25, -0.2) is 4.68 Å². The summed E-state index contributed by atoms with van der Waals surface area (Å²) in [6.45, 7) is -1.04. The minimum absolute atomic E-state index is 0.00235. The summed E-state index contributed by atoms with van der Waals surface area (Å²) >= 11 is 0. The maximum atomic E-state index is 13.9. The first-order valence-electron chi connectivity index (χ1n) is 12.6. The van der Waals surface area contributed by atoms with Crippen LogP contribution in [0.3, 0.4) is 0 Å². The number of amides is 3. The van der Waals surface area contributed by atoms with Gasteiger partial charge in [-0.2, -0.15) is 5.10 Å². The summed E-state index contributed by atoms with van der Waals surface area (Å²) in [5.74, 6) is -24.5. The summed E-state index contributed by atoms with van der Waals surface area (Å²) in [7, 11) is 0.964. The first kappa shape index (κ1) is 32.1. The van der Waals surface area contributed by atoms with E-state index in [0.29, 0.717) is 9.58 Å². The SMILES string of the molecule is COc1c(O)c(O)c(-n2nc(C(N)=O)c3c2C(=O)N(c2ccc(N4C(=O)CC(O)(O)C(O)(O)C4(O)O)cc2)CC3(O)O)c(O)c1O. The molecule has 0 atom stereocenters. The molecule has 1 saturated heterocycles. The highest BCUT2D eigenvalue weighted by Gasteiger charge is 2.70. The Morgan fingerprint density at radius 1 is 0.870 bits per heavy atom. The fourth-order valence-corrected chi connectivity index (χ4v) is 5.21. The minimum Gasteiger partial charge on any atom is -0.503 e. The van der Waals surface area contributed by atoms with Gasteiger partial charge in [0.15, 0.2) is 22.9 Å². The van der Waals surface area contributed by atoms with Crippen molar-refractivity contribution in [1.82, 2.24) is 9.78 Å². The molecule has 2 aromatic carbocycles. The summed E-state index contributed by atoms with van der Waals surface area (Å²) in [4.78, 5) is 39.3. The Bertz CT molecular complexity index is 1780. The van der Waals surface area contributed by atoms with E-state index in [1.807, 2.05) is 0 Å². The summed E-state index contributed by atoms with van der Waals surface area (Å²) in [6.07, 6.45) is -1.40. The number of aliphatic hydroxyl groups is 8. The third-order valence-electron chi connectivity index (χ3n) is 7.49. The molecule has 3 heterocycles. The van der Waals surface area contributed by atoms with E-state index in [1.54, 1.807) is 0 Å². The Balaban J connectivity index is 1.64. The van der Waals surface area contributed by atoms with Crippen LogP contribution in [-0.4, -0.2) is 120 Å². The zero-order valence-electron chi connectivity index (χ0n) is 23.1. The van der Waals surface area contributed by atoms with Crippen molar-refractivity contribution in [2.45, 2.75) is 29.7 Å². The smallest absolute Gasteiger partial charge is 0.316 e. The number of rotatable bonds is 5. The van der Waals surface area contributed by atoms with Crippen LogP contribution in [0.5, 0.6) is 28.7 Å². The molecule has 2 aliphatic rings. The van der Waals surface area contributed by atoms with Crippen molar-refractivity contribution in [3.05, 3.63) is 41.2 Å². The van der Waals surface area contributed by atoms with Gasteiger partial charge in [-0.15, -0.1) is 0 Å². The molecule has 0 aliphatic carbocycles.